The fourth-order valence-electron chi connectivity index (χ4n) is 2.10. The highest BCUT2D eigenvalue weighted by Gasteiger charge is 2.30. The lowest BCUT2D eigenvalue weighted by Gasteiger charge is -2.17. The first kappa shape index (κ1) is 16.6. The van der Waals surface area contributed by atoms with Gasteiger partial charge < -0.3 is 15.3 Å². The molecule has 1 aromatic rings. The fourth-order valence-corrected chi connectivity index (χ4v) is 2.10. The van der Waals surface area contributed by atoms with E-state index >= 15 is 0 Å². The summed E-state index contributed by atoms with van der Waals surface area (Å²) in [5.41, 5.74) is -0.659. The number of likely N-dealkylation sites (N-methyl/N-ethyl adjacent to an activating group) is 1. The van der Waals surface area contributed by atoms with E-state index in [2.05, 4.69) is 5.32 Å². The van der Waals surface area contributed by atoms with Crippen LogP contribution in [0.2, 0.25) is 0 Å². The van der Waals surface area contributed by atoms with E-state index in [1.54, 1.807) is 7.05 Å². The first-order valence-corrected chi connectivity index (χ1v) is 5.78. The Morgan fingerprint density at radius 1 is 1.40 bits per heavy atom. The Kier molecular flexibility index (Phi) is 5.24. The van der Waals surface area contributed by atoms with E-state index in [-0.39, 0.29) is 18.4 Å². The molecule has 0 radical (unpaired) electrons. The molecular formula is C12H14ClF3N2O2. The van der Waals surface area contributed by atoms with Crippen LogP contribution in [-0.2, 0) is 0 Å². The standard InChI is InChI=1S/C12H13F3N2O2.ClH/c1-16-6-2-3-17(5-6)12(19)7-4-8(13)10(15)11(18)9(7)14;/h4,6,16,18H,2-3,5H2,1H3;1H. The molecule has 1 aliphatic heterocycles. The van der Waals surface area contributed by atoms with Crippen LogP contribution in [0.25, 0.3) is 0 Å². The minimum atomic E-state index is -1.69. The summed E-state index contributed by atoms with van der Waals surface area (Å²) in [6.45, 7) is 0.748. The Labute approximate surface area is 120 Å². The van der Waals surface area contributed by atoms with Crippen LogP contribution in [0, 0.1) is 17.5 Å². The third kappa shape index (κ3) is 2.83. The quantitative estimate of drug-likeness (QED) is 0.817. The smallest absolute Gasteiger partial charge is 0.257 e. The number of carbonyl (C=O) groups is 1. The zero-order chi connectivity index (χ0) is 14.2. The Balaban J connectivity index is 0.00000200. The van der Waals surface area contributed by atoms with E-state index < -0.39 is 34.7 Å². The molecule has 1 heterocycles. The molecule has 1 saturated heterocycles. The van der Waals surface area contributed by atoms with Crippen molar-refractivity contribution < 1.29 is 23.1 Å². The van der Waals surface area contributed by atoms with Crippen LogP contribution < -0.4 is 5.32 Å². The number of nitrogens with one attached hydrogen (secondary N) is 1. The summed E-state index contributed by atoms with van der Waals surface area (Å²) in [6.07, 6.45) is 0.694. The van der Waals surface area contributed by atoms with Gasteiger partial charge in [0.2, 0.25) is 5.82 Å². The third-order valence-electron chi connectivity index (χ3n) is 3.25. The van der Waals surface area contributed by atoms with Crippen molar-refractivity contribution in [2.75, 3.05) is 20.1 Å². The van der Waals surface area contributed by atoms with E-state index in [9.17, 15) is 18.0 Å². The number of rotatable bonds is 2. The van der Waals surface area contributed by atoms with Crippen molar-refractivity contribution >= 4 is 18.3 Å². The second-order valence-electron chi connectivity index (χ2n) is 4.41. The number of halogens is 4. The average Bonchev–Trinajstić information content (AvgIpc) is 2.88. The van der Waals surface area contributed by atoms with Gasteiger partial charge in [-0.2, -0.15) is 4.39 Å². The Morgan fingerprint density at radius 2 is 2.05 bits per heavy atom. The third-order valence-corrected chi connectivity index (χ3v) is 3.25. The van der Waals surface area contributed by atoms with Crippen LogP contribution in [0.4, 0.5) is 13.2 Å². The highest BCUT2D eigenvalue weighted by atomic mass is 35.5. The second kappa shape index (κ2) is 6.32. The topological polar surface area (TPSA) is 52.6 Å². The molecule has 2 N–H and O–H groups in total. The molecule has 1 aliphatic rings. The Hall–Kier alpha value is -1.47. The van der Waals surface area contributed by atoms with Crippen LogP contribution in [0.5, 0.6) is 5.75 Å². The van der Waals surface area contributed by atoms with Gasteiger partial charge in [0.25, 0.3) is 5.91 Å². The molecule has 20 heavy (non-hydrogen) atoms. The van der Waals surface area contributed by atoms with Crippen LogP contribution in [0.15, 0.2) is 6.07 Å². The maximum absolute atomic E-state index is 13.6. The highest BCUT2D eigenvalue weighted by Crippen LogP contribution is 2.27. The van der Waals surface area contributed by atoms with Gasteiger partial charge in [0, 0.05) is 19.1 Å². The molecule has 1 unspecified atom stereocenters. The monoisotopic (exact) mass is 310 g/mol. The van der Waals surface area contributed by atoms with Crippen molar-refractivity contribution in [2.45, 2.75) is 12.5 Å². The summed E-state index contributed by atoms with van der Waals surface area (Å²) in [5.74, 6) is -6.80. The van der Waals surface area contributed by atoms with E-state index in [1.807, 2.05) is 0 Å². The van der Waals surface area contributed by atoms with Gasteiger partial charge in [0.05, 0.1) is 5.56 Å². The molecule has 0 aromatic heterocycles. The molecule has 0 aliphatic carbocycles. The average molecular weight is 311 g/mol. The lowest BCUT2D eigenvalue weighted by atomic mass is 10.1. The van der Waals surface area contributed by atoms with E-state index in [4.69, 9.17) is 5.11 Å². The predicted octanol–water partition coefficient (Wildman–Crippen LogP) is 1.67. The normalized spacial score (nSPS) is 18.0. The number of carbonyl (C=O) groups excluding carboxylic acids is 1. The van der Waals surface area contributed by atoms with Crippen molar-refractivity contribution in [3.8, 4) is 5.75 Å². The SMILES string of the molecule is CNC1CCN(C(=O)c2cc(F)c(F)c(O)c2F)C1.Cl. The maximum atomic E-state index is 13.6. The van der Waals surface area contributed by atoms with Gasteiger partial charge in [-0.15, -0.1) is 12.4 Å². The summed E-state index contributed by atoms with van der Waals surface area (Å²) in [7, 11) is 1.74. The van der Waals surface area contributed by atoms with Gasteiger partial charge in [0.1, 0.15) is 0 Å². The number of likely N-dealkylation sites (tertiary alicyclic amines) is 1. The first-order chi connectivity index (χ1) is 8.95. The fraction of sp³-hybridized carbons (Fsp3) is 0.417. The summed E-state index contributed by atoms with van der Waals surface area (Å²) in [4.78, 5) is 13.3. The Bertz CT molecular complexity index is 528. The largest absolute Gasteiger partial charge is 0.503 e. The molecule has 0 bridgehead atoms. The number of nitrogens with zero attached hydrogens (tertiary/aromatic N) is 1. The molecule has 1 atom stereocenters. The van der Waals surface area contributed by atoms with Crippen molar-refractivity contribution in [1.82, 2.24) is 10.2 Å². The van der Waals surface area contributed by atoms with Crippen molar-refractivity contribution in [3.05, 3.63) is 29.1 Å². The molecule has 1 amide bonds. The molecule has 2 rings (SSSR count). The van der Waals surface area contributed by atoms with Crippen molar-refractivity contribution in [1.29, 1.82) is 0 Å². The molecule has 1 aromatic carbocycles. The van der Waals surface area contributed by atoms with Gasteiger partial charge in [0.15, 0.2) is 17.4 Å². The number of amides is 1. The first-order valence-electron chi connectivity index (χ1n) is 5.78. The predicted molar refractivity (Wildman–Crippen MR) is 68.6 cm³/mol. The maximum Gasteiger partial charge on any atom is 0.257 e. The van der Waals surface area contributed by atoms with E-state index in [0.717, 1.165) is 0 Å². The number of aromatic hydroxyl groups is 1. The number of phenolic OH excluding ortho intramolecular Hbond substituents is 1. The summed E-state index contributed by atoms with van der Waals surface area (Å²) < 4.78 is 39.7. The molecule has 0 spiro atoms. The van der Waals surface area contributed by atoms with Crippen molar-refractivity contribution in [2.24, 2.45) is 0 Å². The van der Waals surface area contributed by atoms with Gasteiger partial charge in [-0.1, -0.05) is 0 Å². The second-order valence-corrected chi connectivity index (χ2v) is 4.41. The minimum absolute atomic E-state index is 0. The van der Waals surface area contributed by atoms with Crippen LogP contribution in [0.3, 0.4) is 0 Å². The molecule has 0 saturated carbocycles. The molecule has 1 fully saturated rings. The molecular weight excluding hydrogens is 297 g/mol. The van der Waals surface area contributed by atoms with Gasteiger partial charge in [-0.3, -0.25) is 4.79 Å². The Morgan fingerprint density at radius 3 is 2.60 bits per heavy atom. The number of hydrogen-bond acceptors (Lipinski definition) is 3. The summed E-state index contributed by atoms with van der Waals surface area (Å²) >= 11 is 0. The van der Waals surface area contributed by atoms with Crippen LogP contribution >= 0.6 is 12.4 Å². The molecule has 8 heteroatoms. The van der Waals surface area contributed by atoms with E-state index in [1.165, 1.54) is 4.90 Å². The summed E-state index contributed by atoms with van der Waals surface area (Å²) in [5, 5.41) is 12.1. The lowest BCUT2D eigenvalue weighted by molar-refractivity contribution is 0.0783. The van der Waals surface area contributed by atoms with Crippen LogP contribution in [0.1, 0.15) is 16.8 Å². The highest BCUT2D eigenvalue weighted by molar-refractivity contribution is 5.95. The molecule has 112 valence electrons. The minimum Gasteiger partial charge on any atom is -0.503 e. The number of phenols is 1. The molecule has 4 nitrogen and oxygen atoms in total. The zero-order valence-corrected chi connectivity index (χ0v) is 11.4. The van der Waals surface area contributed by atoms with E-state index in [0.29, 0.717) is 25.6 Å². The number of benzene rings is 1. The van der Waals surface area contributed by atoms with Gasteiger partial charge >= 0.3 is 0 Å². The number of hydrogen-bond donors (Lipinski definition) is 2. The van der Waals surface area contributed by atoms with Crippen LogP contribution in [-0.4, -0.2) is 42.1 Å². The van der Waals surface area contributed by atoms with Gasteiger partial charge in [-0.25, -0.2) is 8.78 Å². The van der Waals surface area contributed by atoms with Crippen molar-refractivity contribution in [3.63, 3.8) is 0 Å². The summed E-state index contributed by atoms with van der Waals surface area (Å²) in [6, 6.07) is 0.560. The van der Waals surface area contributed by atoms with Gasteiger partial charge in [-0.05, 0) is 19.5 Å². The lowest BCUT2D eigenvalue weighted by Crippen LogP contribution is -2.34. The zero-order valence-electron chi connectivity index (χ0n) is 10.6.